The smallest absolute Gasteiger partial charge is 0.302 e. The third kappa shape index (κ3) is 105. The molecule has 7 heteroatoms. The molecule has 0 aromatic rings. The topological polar surface area (TPSA) is 88.1 Å². The molecule has 0 unspecified atom stereocenters. The third-order valence-electron chi connectivity index (χ3n) is 1.73. The van der Waals surface area contributed by atoms with Crippen LogP contribution in [0.4, 0.5) is 0 Å². The Kier molecular flexibility index (Phi) is 59.4. The first-order valence-corrected chi connectivity index (χ1v) is 7.47. The maximum Gasteiger partial charge on any atom is 0.302 e. The molecule has 0 heterocycles. The number of ketones is 1. The van der Waals surface area contributed by atoms with Gasteiger partial charge in [0.25, 0.3) is 0 Å². The molecule has 156 valence electrons. The van der Waals surface area contributed by atoms with Gasteiger partial charge in [0.05, 0.1) is 13.2 Å². The molecular formula is C18H42O7. The fourth-order valence-electron chi connectivity index (χ4n) is 0.472. The highest BCUT2D eigenvalue weighted by molar-refractivity contribution is 5.74. The molecule has 0 aliphatic carbocycles. The van der Waals surface area contributed by atoms with E-state index in [0.717, 1.165) is 6.61 Å². The van der Waals surface area contributed by atoms with Crippen LogP contribution in [-0.4, -0.2) is 58.4 Å². The Morgan fingerprint density at radius 3 is 1.16 bits per heavy atom. The lowest BCUT2D eigenvalue weighted by atomic mass is 10.4. The van der Waals surface area contributed by atoms with Crippen LogP contribution in [0.1, 0.15) is 62.8 Å². The zero-order valence-electron chi connectivity index (χ0n) is 15.9. The van der Waals surface area contributed by atoms with E-state index in [1.54, 1.807) is 28.1 Å². The predicted molar refractivity (Wildman–Crippen MR) is 103 cm³/mol. The van der Waals surface area contributed by atoms with E-state index in [1.807, 2.05) is 13.8 Å². The minimum atomic E-state index is -0.262. The number of hydrogen-bond donors (Lipinski definition) is 0. The molecule has 0 saturated carbocycles. The van der Waals surface area contributed by atoms with E-state index in [-0.39, 0.29) is 32.6 Å². The zero-order chi connectivity index (χ0) is 19.1. The first-order valence-electron chi connectivity index (χ1n) is 7.47. The molecule has 0 aromatic heterocycles. The molecule has 25 heavy (non-hydrogen) atoms. The molecule has 0 bridgehead atoms. The van der Waals surface area contributed by atoms with Crippen LogP contribution >= 0.6 is 0 Å². The van der Waals surface area contributed by atoms with Gasteiger partial charge in [0.1, 0.15) is 12.4 Å². The number of carbonyl (C=O) groups is 3. The molecule has 0 aliphatic heterocycles. The van der Waals surface area contributed by atoms with Crippen molar-refractivity contribution in [1.29, 1.82) is 0 Å². The lowest BCUT2D eigenvalue weighted by Crippen LogP contribution is -2.05. The summed E-state index contributed by atoms with van der Waals surface area (Å²) >= 11 is 0. The van der Waals surface area contributed by atoms with E-state index >= 15 is 0 Å². The number of rotatable bonds is 6. The Bertz CT molecular complexity index is 264. The maximum absolute atomic E-state index is 10.0. The van der Waals surface area contributed by atoms with Crippen LogP contribution in [0, 0.1) is 0 Å². The van der Waals surface area contributed by atoms with Gasteiger partial charge in [-0.2, -0.15) is 0 Å². The molecule has 0 atom stereocenters. The molecule has 0 aromatic carbocycles. The summed E-state index contributed by atoms with van der Waals surface area (Å²) in [5.74, 6) is -0.218. The minimum Gasteiger partial charge on any atom is -0.466 e. The molecule has 0 saturated heterocycles. The zero-order valence-corrected chi connectivity index (χ0v) is 15.9. The van der Waals surface area contributed by atoms with Crippen molar-refractivity contribution in [3.63, 3.8) is 0 Å². The Morgan fingerprint density at radius 2 is 1.04 bits per heavy atom. The second-order valence-electron chi connectivity index (χ2n) is 3.89. The van der Waals surface area contributed by atoms with Crippen molar-refractivity contribution < 1.29 is 33.3 Å². The van der Waals surface area contributed by atoms with Gasteiger partial charge in [-0.25, -0.2) is 0 Å². The summed E-state index contributed by atoms with van der Waals surface area (Å²) in [4.78, 5) is 29.7. The van der Waals surface area contributed by atoms with Crippen LogP contribution in [0.2, 0.25) is 0 Å². The molecule has 0 spiro atoms. The van der Waals surface area contributed by atoms with Crippen LogP contribution in [0.3, 0.4) is 0 Å². The van der Waals surface area contributed by atoms with E-state index in [9.17, 15) is 14.4 Å². The van der Waals surface area contributed by atoms with Crippen LogP contribution in [0.25, 0.3) is 0 Å². The van der Waals surface area contributed by atoms with Gasteiger partial charge in [0.15, 0.2) is 0 Å². The van der Waals surface area contributed by atoms with E-state index in [4.69, 9.17) is 0 Å². The molecule has 0 radical (unpaired) electrons. The number of ether oxygens (including phenoxy) is 4. The number of esters is 2. The highest BCUT2D eigenvalue weighted by Gasteiger charge is 1.88. The van der Waals surface area contributed by atoms with Crippen molar-refractivity contribution in [2.45, 2.75) is 62.8 Å². The highest BCUT2D eigenvalue weighted by atomic mass is 16.6. The first kappa shape index (κ1) is 38.9. The van der Waals surface area contributed by atoms with Crippen LogP contribution in [0.15, 0.2) is 0 Å². The first-order chi connectivity index (χ1) is 10.7. The van der Waals surface area contributed by atoms with Crippen molar-refractivity contribution >= 4 is 17.7 Å². The van der Waals surface area contributed by atoms with E-state index in [0.29, 0.717) is 26.2 Å². The summed E-state index contributed by atoms with van der Waals surface area (Å²) in [6.07, 6.45) is 0.667. The van der Waals surface area contributed by atoms with Crippen LogP contribution < -0.4 is 0 Å². The summed E-state index contributed by atoms with van der Waals surface area (Å²) in [6, 6.07) is 0. The van der Waals surface area contributed by atoms with E-state index in [2.05, 4.69) is 18.9 Å². The summed E-state index contributed by atoms with van der Waals surface area (Å²) in [6.45, 7) is 12.1. The fraction of sp³-hybridized carbons (Fsp3) is 0.833. The molecule has 7 nitrogen and oxygen atoms in total. The van der Waals surface area contributed by atoms with Gasteiger partial charge in [-0.05, 0) is 20.8 Å². The highest BCUT2D eigenvalue weighted by Crippen LogP contribution is 1.75. The summed E-state index contributed by atoms with van der Waals surface area (Å²) in [5, 5.41) is 0. The monoisotopic (exact) mass is 370 g/mol. The number of Topliss-reactive ketones (excluding diaryl/α,β-unsaturated/α-hetero) is 1. The van der Waals surface area contributed by atoms with Gasteiger partial charge in [-0.3, -0.25) is 9.59 Å². The SMILES string of the molecule is C.C.CCC(C)=O.CCOC.CCOC(C)=O.COCCOC(C)=O. The standard InChI is InChI=1S/C5H10O3.C4H8O2.C4H8O.C3H8O.2CH4/c1-5(6)8-4-3-7-2;1-3-6-4(2)5;1-3-4(2)5;1-3-4-2;;/h3-4H2,1-2H3;3H2,1-2H3;3H2,1-2H3;3H2,1-2H3;2*1H4. The lowest BCUT2D eigenvalue weighted by molar-refractivity contribution is -0.142. The van der Waals surface area contributed by atoms with Crippen molar-refractivity contribution in [2.75, 3.05) is 40.6 Å². The lowest BCUT2D eigenvalue weighted by Gasteiger charge is -1.97. The van der Waals surface area contributed by atoms with Crippen molar-refractivity contribution in [1.82, 2.24) is 0 Å². The second kappa shape index (κ2) is 38.2. The largest absolute Gasteiger partial charge is 0.466 e. The Balaban J connectivity index is -0.0000000483. The molecule has 0 amide bonds. The van der Waals surface area contributed by atoms with Crippen LogP contribution in [0.5, 0.6) is 0 Å². The van der Waals surface area contributed by atoms with Gasteiger partial charge in [-0.15, -0.1) is 0 Å². The molecule has 0 aliphatic rings. The van der Waals surface area contributed by atoms with Crippen molar-refractivity contribution in [3.05, 3.63) is 0 Å². The number of hydrogen-bond acceptors (Lipinski definition) is 7. The quantitative estimate of drug-likeness (QED) is 0.520. The summed E-state index contributed by atoms with van der Waals surface area (Å²) in [7, 11) is 3.24. The summed E-state index contributed by atoms with van der Waals surface area (Å²) in [5.41, 5.74) is 0. The number of methoxy groups -OCH3 is 2. The van der Waals surface area contributed by atoms with Gasteiger partial charge < -0.3 is 23.7 Å². The Labute approximate surface area is 155 Å². The molecule has 0 N–H and O–H groups in total. The average molecular weight is 371 g/mol. The normalized spacial score (nSPS) is 7.36. The average Bonchev–Trinajstić information content (AvgIpc) is 2.48. The Hall–Kier alpha value is -1.47. The maximum atomic E-state index is 10.0. The molecular weight excluding hydrogens is 328 g/mol. The molecule has 0 rings (SSSR count). The third-order valence-corrected chi connectivity index (χ3v) is 1.73. The number of carbonyl (C=O) groups excluding carboxylic acids is 3. The van der Waals surface area contributed by atoms with Crippen LogP contribution in [-0.2, 0) is 33.3 Å². The Morgan fingerprint density at radius 1 is 0.680 bits per heavy atom. The van der Waals surface area contributed by atoms with Gasteiger partial charge >= 0.3 is 11.9 Å². The van der Waals surface area contributed by atoms with Gasteiger partial charge in [-0.1, -0.05) is 21.8 Å². The summed E-state index contributed by atoms with van der Waals surface area (Å²) < 4.78 is 18.1. The van der Waals surface area contributed by atoms with E-state index < -0.39 is 0 Å². The van der Waals surface area contributed by atoms with Gasteiger partial charge in [0.2, 0.25) is 0 Å². The minimum absolute atomic E-state index is 0. The molecule has 0 fully saturated rings. The second-order valence-corrected chi connectivity index (χ2v) is 3.89. The van der Waals surface area contributed by atoms with E-state index in [1.165, 1.54) is 13.8 Å². The van der Waals surface area contributed by atoms with Crippen molar-refractivity contribution in [2.24, 2.45) is 0 Å². The van der Waals surface area contributed by atoms with Gasteiger partial charge in [0, 0.05) is 41.1 Å². The predicted octanol–water partition coefficient (Wildman–Crippen LogP) is 3.68. The van der Waals surface area contributed by atoms with Crippen molar-refractivity contribution in [3.8, 4) is 0 Å². The fourth-order valence-corrected chi connectivity index (χ4v) is 0.472.